The van der Waals surface area contributed by atoms with E-state index in [9.17, 15) is 4.79 Å². The minimum absolute atomic E-state index is 0.309. The summed E-state index contributed by atoms with van der Waals surface area (Å²) in [6, 6.07) is 17.6. The van der Waals surface area contributed by atoms with Gasteiger partial charge in [0.05, 0.1) is 6.04 Å². The SMILES string of the molecule is Cn1ccnc1C(Cc1ccc(OCc2ccccc2)cc1)NC(=O)OC(C)(C)C. The van der Waals surface area contributed by atoms with Crippen LogP contribution < -0.4 is 10.1 Å². The second-order valence-electron chi connectivity index (χ2n) is 8.22. The second-order valence-corrected chi connectivity index (χ2v) is 8.22. The zero-order chi connectivity index (χ0) is 21.6. The molecule has 0 saturated heterocycles. The number of hydrogen-bond donors (Lipinski definition) is 1. The van der Waals surface area contributed by atoms with Gasteiger partial charge in [-0.1, -0.05) is 42.5 Å². The van der Waals surface area contributed by atoms with Crippen LogP contribution in [0.25, 0.3) is 0 Å². The molecule has 6 nitrogen and oxygen atoms in total. The molecule has 1 atom stereocenters. The van der Waals surface area contributed by atoms with Crippen molar-refractivity contribution >= 4 is 6.09 Å². The van der Waals surface area contributed by atoms with Crippen molar-refractivity contribution in [1.82, 2.24) is 14.9 Å². The molecule has 1 heterocycles. The van der Waals surface area contributed by atoms with Crippen LogP contribution in [-0.2, 0) is 24.8 Å². The molecule has 3 rings (SSSR count). The van der Waals surface area contributed by atoms with E-state index in [4.69, 9.17) is 9.47 Å². The number of aryl methyl sites for hydroxylation is 1. The van der Waals surface area contributed by atoms with E-state index >= 15 is 0 Å². The third-order valence-corrected chi connectivity index (χ3v) is 4.47. The Balaban J connectivity index is 1.66. The van der Waals surface area contributed by atoms with Crippen LogP contribution in [0, 0.1) is 0 Å². The number of rotatable bonds is 7. The zero-order valence-electron chi connectivity index (χ0n) is 18.0. The number of hydrogen-bond acceptors (Lipinski definition) is 4. The van der Waals surface area contributed by atoms with Crippen molar-refractivity contribution in [3.05, 3.63) is 83.9 Å². The van der Waals surface area contributed by atoms with Gasteiger partial charge in [-0.25, -0.2) is 9.78 Å². The summed E-state index contributed by atoms with van der Waals surface area (Å²) in [5.74, 6) is 1.57. The summed E-state index contributed by atoms with van der Waals surface area (Å²) in [7, 11) is 1.91. The first-order chi connectivity index (χ1) is 14.3. The average Bonchev–Trinajstić information content (AvgIpc) is 3.12. The average molecular weight is 408 g/mol. The van der Waals surface area contributed by atoms with Gasteiger partial charge in [0.15, 0.2) is 0 Å². The number of aromatic nitrogens is 2. The summed E-state index contributed by atoms with van der Waals surface area (Å²) in [6.07, 6.45) is 3.71. The van der Waals surface area contributed by atoms with Gasteiger partial charge in [-0.05, 0) is 44.0 Å². The van der Waals surface area contributed by atoms with E-state index < -0.39 is 11.7 Å². The van der Waals surface area contributed by atoms with Crippen molar-refractivity contribution in [1.29, 1.82) is 0 Å². The van der Waals surface area contributed by atoms with E-state index in [0.29, 0.717) is 13.0 Å². The monoisotopic (exact) mass is 407 g/mol. The number of carbonyl (C=O) groups excluding carboxylic acids is 1. The van der Waals surface area contributed by atoms with Crippen LogP contribution in [0.4, 0.5) is 4.79 Å². The Kier molecular flexibility index (Phi) is 6.77. The molecule has 0 fully saturated rings. The molecule has 2 aromatic carbocycles. The van der Waals surface area contributed by atoms with Gasteiger partial charge in [-0.3, -0.25) is 0 Å². The van der Waals surface area contributed by atoms with Gasteiger partial charge in [0.2, 0.25) is 0 Å². The molecule has 1 unspecified atom stereocenters. The molecule has 0 radical (unpaired) electrons. The smallest absolute Gasteiger partial charge is 0.408 e. The summed E-state index contributed by atoms with van der Waals surface area (Å²) >= 11 is 0. The number of ether oxygens (including phenoxy) is 2. The highest BCUT2D eigenvalue weighted by atomic mass is 16.6. The number of benzene rings is 2. The molecule has 1 aromatic heterocycles. The molecule has 0 aliphatic heterocycles. The van der Waals surface area contributed by atoms with E-state index in [1.54, 1.807) is 6.20 Å². The van der Waals surface area contributed by atoms with Crippen molar-refractivity contribution in [2.75, 3.05) is 0 Å². The third kappa shape index (κ3) is 6.37. The number of imidazole rings is 1. The maximum absolute atomic E-state index is 12.3. The molecule has 0 aliphatic carbocycles. The number of amides is 1. The fourth-order valence-electron chi connectivity index (χ4n) is 3.07. The van der Waals surface area contributed by atoms with Gasteiger partial charge in [-0.15, -0.1) is 0 Å². The van der Waals surface area contributed by atoms with Crippen LogP contribution in [0.1, 0.15) is 43.8 Å². The van der Waals surface area contributed by atoms with E-state index in [1.165, 1.54) is 0 Å². The van der Waals surface area contributed by atoms with Gasteiger partial charge in [0.25, 0.3) is 0 Å². The van der Waals surface area contributed by atoms with Crippen molar-refractivity contribution in [2.24, 2.45) is 7.05 Å². The molecule has 158 valence electrons. The molecule has 0 aliphatic rings. The first-order valence-electron chi connectivity index (χ1n) is 10.0. The number of carbonyl (C=O) groups is 1. The molecular formula is C24H29N3O3. The first kappa shape index (κ1) is 21.4. The van der Waals surface area contributed by atoms with Gasteiger partial charge in [-0.2, -0.15) is 0 Å². The van der Waals surface area contributed by atoms with E-state index in [1.807, 2.05) is 93.2 Å². The lowest BCUT2D eigenvalue weighted by atomic mass is 10.1. The van der Waals surface area contributed by atoms with Crippen LogP contribution >= 0.6 is 0 Å². The molecule has 1 amide bonds. The highest BCUT2D eigenvalue weighted by molar-refractivity contribution is 5.68. The Hall–Kier alpha value is -3.28. The Labute approximate surface area is 177 Å². The first-order valence-corrected chi connectivity index (χ1v) is 10.0. The summed E-state index contributed by atoms with van der Waals surface area (Å²) in [6.45, 7) is 6.06. The minimum atomic E-state index is -0.561. The highest BCUT2D eigenvalue weighted by Crippen LogP contribution is 2.21. The molecule has 0 bridgehead atoms. The number of nitrogens with one attached hydrogen (secondary N) is 1. The van der Waals surface area contributed by atoms with Gasteiger partial charge < -0.3 is 19.4 Å². The second kappa shape index (κ2) is 9.48. The lowest BCUT2D eigenvalue weighted by molar-refractivity contribution is 0.0500. The summed E-state index contributed by atoms with van der Waals surface area (Å²) < 4.78 is 13.2. The predicted molar refractivity (Wildman–Crippen MR) is 116 cm³/mol. The van der Waals surface area contributed by atoms with Crippen LogP contribution in [-0.4, -0.2) is 21.2 Å². The maximum Gasteiger partial charge on any atom is 0.408 e. The summed E-state index contributed by atoms with van der Waals surface area (Å²) in [5.41, 5.74) is 1.62. The van der Waals surface area contributed by atoms with E-state index in [-0.39, 0.29) is 6.04 Å². The van der Waals surface area contributed by atoms with Crippen molar-refractivity contribution in [3.8, 4) is 5.75 Å². The standard InChI is InChI=1S/C24H29N3O3/c1-24(2,3)30-23(28)26-21(22-25-14-15-27(22)4)16-18-10-12-20(13-11-18)29-17-19-8-6-5-7-9-19/h5-15,21H,16-17H2,1-4H3,(H,26,28). The van der Waals surface area contributed by atoms with E-state index in [0.717, 1.165) is 22.7 Å². The summed E-state index contributed by atoms with van der Waals surface area (Å²) in [5, 5.41) is 2.95. The van der Waals surface area contributed by atoms with Crippen LogP contribution in [0.5, 0.6) is 5.75 Å². The predicted octanol–water partition coefficient (Wildman–Crippen LogP) is 4.81. The summed E-state index contributed by atoms with van der Waals surface area (Å²) in [4.78, 5) is 16.8. The van der Waals surface area contributed by atoms with Gasteiger partial charge in [0, 0.05) is 25.9 Å². The molecule has 6 heteroatoms. The van der Waals surface area contributed by atoms with Crippen molar-refractivity contribution < 1.29 is 14.3 Å². The van der Waals surface area contributed by atoms with Crippen LogP contribution in [0.2, 0.25) is 0 Å². The van der Waals surface area contributed by atoms with E-state index in [2.05, 4.69) is 10.3 Å². The van der Waals surface area contributed by atoms with Gasteiger partial charge >= 0.3 is 6.09 Å². The van der Waals surface area contributed by atoms with Crippen LogP contribution in [0.3, 0.4) is 0 Å². The largest absolute Gasteiger partial charge is 0.489 e. The molecule has 3 aromatic rings. The Bertz CT molecular complexity index is 944. The molecule has 0 saturated carbocycles. The van der Waals surface area contributed by atoms with Gasteiger partial charge in [0.1, 0.15) is 23.8 Å². The highest BCUT2D eigenvalue weighted by Gasteiger charge is 2.23. The topological polar surface area (TPSA) is 65.4 Å². The normalized spacial score (nSPS) is 12.3. The molecule has 30 heavy (non-hydrogen) atoms. The van der Waals surface area contributed by atoms with Crippen molar-refractivity contribution in [3.63, 3.8) is 0 Å². The number of alkyl carbamates (subject to hydrolysis) is 1. The Morgan fingerprint density at radius 3 is 2.37 bits per heavy atom. The fraction of sp³-hybridized carbons (Fsp3) is 0.333. The third-order valence-electron chi connectivity index (χ3n) is 4.47. The quantitative estimate of drug-likeness (QED) is 0.611. The number of nitrogens with zero attached hydrogens (tertiary/aromatic N) is 2. The lowest BCUT2D eigenvalue weighted by Crippen LogP contribution is -2.36. The van der Waals surface area contributed by atoms with Crippen molar-refractivity contribution in [2.45, 2.75) is 45.4 Å². The minimum Gasteiger partial charge on any atom is -0.489 e. The lowest BCUT2D eigenvalue weighted by Gasteiger charge is -2.23. The fourth-order valence-corrected chi connectivity index (χ4v) is 3.07. The van der Waals surface area contributed by atoms with Crippen LogP contribution in [0.15, 0.2) is 67.0 Å². The Morgan fingerprint density at radius 2 is 1.77 bits per heavy atom. The Morgan fingerprint density at radius 1 is 1.07 bits per heavy atom. The molecule has 0 spiro atoms. The zero-order valence-corrected chi connectivity index (χ0v) is 18.0. The molecule has 1 N–H and O–H groups in total. The molecular weight excluding hydrogens is 378 g/mol. The maximum atomic E-state index is 12.3.